The van der Waals surface area contributed by atoms with Gasteiger partial charge in [0.25, 0.3) is 0 Å². The van der Waals surface area contributed by atoms with Crippen molar-refractivity contribution in [3.8, 4) is 0 Å². The summed E-state index contributed by atoms with van der Waals surface area (Å²) < 4.78 is 1.05. The van der Waals surface area contributed by atoms with Gasteiger partial charge in [-0.25, -0.2) is 0 Å². The zero-order chi connectivity index (χ0) is 14.5. The lowest BCUT2D eigenvalue weighted by Crippen LogP contribution is -2.34. The molecule has 1 aromatic rings. The summed E-state index contributed by atoms with van der Waals surface area (Å²) in [5.74, 6) is 0.983. The van der Waals surface area contributed by atoms with Gasteiger partial charge in [0.1, 0.15) is 0 Å². The van der Waals surface area contributed by atoms with Crippen LogP contribution in [0, 0.1) is 18.8 Å². The number of rotatable bonds is 4. The summed E-state index contributed by atoms with van der Waals surface area (Å²) in [7, 11) is 0. The Hall–Kier alpha value is -0.870. The van der Waals surface area contributed by atoms with Gasteiger partial charge in [-0.05, 0) is 68.3 Å². The highest BCUT2D eigenvalue weighted by atomic mass is 79.9. The van der Waals surface area contributed by atoms with E-state index in [0.29, 0.717) is 12.5 Å². The maximum absolute atomic E-state index is 12.2. The van der Waals surface area contributed by atoms with Crippen LogP contribution in [0.4, 0.5) is 0 Å². The van der Waals surface area contributed by atoms with E-state index in [2.05, 4.69) is 40.3 Å². The molecule has 3 N–H and O–H groups in total. The molecule has 0 saturated heterocycles. The lowest BCUT2D eigenvalue weighted by atomic mass is 9.81. The molecule has 1 fully saturated rings. The predicted molar refractivity (Wildman–Crippen MR) is 85.2 cm³/mol. The Morgan fingerprint density at radius 3 is 2.70 bits per heavy atom. The summed E-state index contributed by atoms with van der Waals surface area (Å²) >= 11 is 3.47. The number of hydrogen-bond donors (Lipinski definition) is 2. The van der Waals surface area contributed by atoms with E-state index < -0.39 is 0 Å². The Labute approximate surface area is 129 Å². The first-order valence-corrected chi connectivity index (χ1v) is 8.12. The zero-order valence-electron chi connectivity index (χ0n) is 12.0. The van der Waals surface area contributed by atoms with Crippen molar-refractivity contribution in [2.75, 3.05) is 6.54 Å². The molecule has 1 aromatic carbocycles. The van der Waals surface area contributed by atoms with Crippen molar-refractivity contribution < 1.29 is 4.79 Å². The van der Waals surface area contributed by atoms with Crippen molar-refractivity contribution in [2.45, 2.75) is 39.2 Å². The highest BCUT2D eigenvalue weighted by Crippen LogP contribution is 2.28. The van der Waals surface area contributed by atoms with E-state index in [4.69, 9.17) is 5.73 Å². The van der Waals surface area contributed by atoms with Gasteiger partial charge in [0.15, 0.2) is 0 Å². The van der Waals surface area contributed by atoms with Crippen LogP contribution in [0.2, 0.25) is 0 Å². The van der Waals surface area contributed by atoms with Gasteiger partial charge in [0.05, 0.1) is 0 Å². The molecule has 110 valence electrons. The van der Waals surface area contributed by atoms with Gasteiger partial charge in [0, 0.05) is 16.9 Å². The van der Waals surface area contributed by atoms with E-state index in [1.807, 2.05) is 6.07 Å². The molecule has 0 aliphatic heterocycles. The molecule has 0 unspecified atom stereocenters. The molecule has 0 atom stereocenters. The van der Waals surface area contributed by atoms with E-state index in [9.17, 15) is 4.79 Å². The van der Waals surface area contributed by atoms with Crippen LogP contribution in [0.5, 0.6) is 0 Å². The summed E-state index contributed by atoms with van der Waals surface area (Å²) in [6.45, 7) is 3.44. The monoisotopic (exact) mass is 338 g/mol. The summed E-state index contributed by atoms with van der Waals surface area (Å²) in [6.07, 6.45) is 4.13. The SMILES string of the molecule is Cc1ccc(Br)cc1CNC(=O)C1CCC(CN)CC1. The minimum absolute atomic E-state index is 0.172. The van der Waals surface area contributed by atoms with Gasteiger partial charge >= 0.3 is 0 Å². The predicted octanol–water partition coefficient (Wildman–Crippen LogP) is 3.14. The van der Waals surface area contributed by atoms with E-state index in [1.165, 1.54) is 11.1 Å². The summed E-state index contributed by atoms with van der Waals surface area (Å²) in [4.78, 5) is 12.2. The van der Waals surface area contributed by atoms with Crippen LogP contribution < -0.4 is 11.1 Å². The molecule has 20 heavy (non-hydrogen) atoms. The molecular formula is C16H23BrN2O. The quantitative estimate of drug-likeness (QED) is 0.885. The second-order valence-corrected chi connectivity index (χ2v) is 6.66. The first kappa shape index (κ1) is 15.5. The summed E-state index contributed by atoms with van der Waals surface area (Å²) in [5.41, 5.74) is 8.06. The number of carbonyl (C=O) groups excluding carboxylic acids is 1. The topological polar surface area (TPSA) is 55.1 Å². The first-order valence-electron chi connectivity index (χ1n) is 7.33. The van der Waals surface area contributed by atoms with Crippen LogP contribution in [0.3, 0.4) is 0 Å². The average molecular weight is 339 g/mol. The average Bonchev–Trinajstić information content (AvgIpc) is 2.48. The van der Waals surface area contributed by atoms with Crippen LogP contribution in [-0.4, -0.2) is 12.5 Å². The molecule has 2 rings (SSSR count). The molecule has 4 heteroatoms. The van der Waals surface area contributed by atoms with Gasteiger partial charge < -0.3 is 11.1 Å². The van der Waals surface area contributed by atoms with Crippen molar-refractivity contribution in [2.24, 2.45) is 17.6 Å². The molecule has 1 saturated carbocycles. The number of benzene rings is 1. The van der Waals surface area contributed by atoms with Crippen molar-refractivity contribution in [1.82, 2.24) is 5.32 Å². The van der Waals surface area contributed by atoms with Gasteiger partial charge in [0.2, 0.25) is 5.91 Å². The van der Waals surface area contributed by atoms with Crippen LogP contribution in [0.25, 0.3) is 0 Å². The van der Waals surface area contributed by atoms with Crippen LogP contribution in [-0.2, 0) is 11.3 Å². The van der Waals surface area contributed by atoms with Crippen molar-refractivity contribution >= 4 is 21.8 Å². The van der Waals surface area contributed by atoms with Gasteiger partial charge in [-0.15, -0.1) is 0 Å². The fourth-order valence-electron chi connectivity index (χ4n) is 2.82. The normalized spacial score (nSPS) is 22.6. The minimum atomic E-state index is 0.172. The molecule has 0 heterocycles. The Kier molecular flexibility index (Phi) is 5.61. The molecule has 1 aliphatic rings. The molecule has 1 aliphatic carbocycles. The highest BCUT2D eigenvalue weighted by Gasteiger charge is 2.25. The Balaban J connectivity index is 1.85. The van der Waals surface area contributed by atoms with Crippen molar-refractivity contribution in [1.29, 1.82) is 0 Å². The Morgan fingerprint density at radius 1 is 1.35 bits per heavy atom. The number of nitrogens with two attached hydrogens (primary N) is 1. The van der Waals surface area contributed by atoms with Gasteiger partial charge in [-0.3, -0.25) is 4.79 Å². The number of amides is 1. The fourth-order valence-corrected chi connectivity index (χ4v) is 3.23. The summed E-state index contributed by atoms with van der Waals surface area (Å²) in [6, 6.07) is 6.16. The van der Waals surface area contributed by atoms with Crippen LogP contribution in [0.15, 0.2) is 22.7 Å². The smallest absolute Gasteiger partial charge is 0.223 e. The highest BCUT2D eigenvalue weighted by molar-refractivity contribution is 9.10. The minimum Gasteiger partial charge on any atom is -0.352 e. The van der Waals surface area contributed by atoms with Gasteiger partial charge in [-0.1, -0.05) is 22.0 Å². The van der Waals surface area contributed by atoms with Crippen molar-refractivity contribution in [3.05, 3.63) is 33.8 Å². The number of nitrogens with one attached hydrogen (secondary N) is 1. The van der Waals surface area contributed by atoms with E-state index in [0.717, 1.165) is 36.7 Å². The maximum Gasteiger partial charge on any atom is 0.223 e. The van der Waals surface area contributed by atoms with E-state index in [-0.39, 0.29) is 11.8 Å². The van der Waals surface area contributed by atoms with E-state index in [1.54, 1.807) is 0 Å². The van der Waals surface area contributed by atoms with Crippen molar-refractivity contribution in [3.63, 3.8) is 0 Å². The maximum atomic E-state index is 12.2. The number of aryl methyl sites for hydroxylation is 1. The number of halogens is 1. The molecule has 1 amide bonds. The molecule has 0 aromatic heterocycles. The molecule has 3 nitrogen and oxygen atoms in total. The molecule has 0 spiro atoms. The fraction of sp³-hybridized carbons (Fsp3) is 0.562. The standard InChI is InChI=1S/C16H23BrN2O/c1-11-2-7-15(17)8-14(11)10-19-16(20)13-5-3-12(9-18)4-6-13/h2,7-8,12-13H,3-6,9-10,18H2,1H3,(H,19,20). The molecule has 0 bridgehead atoms. The van der Waals surface area contributed by atoms with Gasteiger partial charge in [-0.2, -0.15) is 0 Å². The third-order valence-corrected chi connectivity index (χ3v) is 4.81. The largest absolute Gasteiger partial charge is 0.352 e. The Bertz CT molecular complexity index is 468. The third kappa shape index (κ3) is 4.06. The van der Waals surface area contributed by atoms with Crippen LogP contribution >= 0.6 is 15.9 Å². The first-order chi connectivity index (χ1) is 9.60. The lowest BCUT2D eigenvalue weighted by Gasteiger charge is -2.26. The lowest BCUT2D eigenvalue weighted by molar-refractivity contribution is -0.126. The van der Waals surface area contributed by atoms with E-state index >= 15 is 0 Å². The second-order valence-electron chi connectivity index (χ2n) is 5.74. The Morgan fingerprint density at radius 2 is 2.05 bits per heavy atom. The third-order valence-electron chi connectivity index (χ3n) is 4.32. The molecular weight excluding hydrogens is 316 g/mol. The second kappa shape index (κ2) is 7.23. The zero-order valence-corrected chi connectivity index (χ0v) is 13.6. The van der Waals surface area contributed by atoms with Crippen LogP contribution in [0.1, 0.15) is 36.8 Å². The number of hydrogen-bond acceptors (Lipinski definition) is 2. The molecule has 0 radical (unpaired) electrons. The summed E-state index contributed by atoms with van der Waals surface area (Å²) in [5, 5.41) is 3.08. The number of carbonyl (C=O) groups is 1.